The lowest BCUT2D eigenvalue weighted by molar-refractivity contribution is 0.184. The van der Waals surface area contributed by atoms with Gasteiger partial charge in [0.1, 0.15) is 4.90 Å². The zero-order valence-electron chi connectivity index (χ0n) is 15.5. The van der Waals surface area contributed by atoms with E-state index in [1.165, 1.54) is 18.8 Å². The number of benzene rings is 1. The molecule has 8 heteroatoms. The third-order valence-electron chi connectivity index (χ3n) is 5.21. The Morgan fingerprint density at radius 3 is 2.89 bits per heavy atom. The molecule has 1 aromatic heterocycles. The number of rotatable bonds is 5. The third kappa shape index (κ3) is 3.96. The van der Waals surface area contributed by atoms with Crippen molar-refractivity contribution in [2.45, 2.75) is 37.1 Å². The van der Waals surface area contributed by atoms with Gasteiger partial charge in [0.15, 0.2) is 5.75 Å². The predicted octanol–water partition coefficient (Wildman–Crippen LogP) is 2.85. The summed E-state index contributed by atoms with van der Waals surface area (Å²) in [5, 5.41) is 4.20. The Morgan fingerprint density at radius 2 is 2.11 bits per heavy atom. The SMILES string of the molecule is CC1CCCN(c2ccccc2OS(=O)(=O)c2cnn(C3CCOC3)c2)C1. The van der Waals surface area contributed by atoms with E-state index in [1.807, 2.05) is 12.1 Å². The van der Waals surface area contributed by atoms with E-state index in [4.69, 9.17) is 8.92 Å². The molecule has 2 fully saturated rings. The van der Waals surface area contributed by atoms with Crippen LogP contribution in [0.5, 0.6) is 5.75 Å². The van der Waals surface area contributed by atoms with Gasteiger partial charge in [-0.25, -0.2) is 0 Å². The van der Waals surface area contributed by atoms with Gasteiger partial charge in [0.05, 0.1) is 24.5 Å². The third-order valence-corrected chi connectivity index (χ3v) is 6.40. The van der Waals surface area contributed by atoms with Gasteiger partial charge in [-0.15, -0.1) is 0 Å². The molecule has 7 nitrogen and oxygen atoms in total. The van der Waals surface area contributed by atoms with Gasteiger partial charge in [-0.1, -0.05) is 19.1 Å². The molecule has 0 aliphatic carbocycles. The van der Waals surface area contributed by atoms with Crippen molar-refractivity contribution >= 4 is 15.8 Å². The molecule has 2 atom stereocenters. The van der Waals surface area contributed by atoms with Gasteiger partial charge in [0.25, 0.3) is 0 Å². The van der Waals surface area contributed by atoms with Crippen LogP contribution in [0.3, 0.4) is 0 Å². The highest BCUT2D eigenvalue weighted by Gasteiger charge is 2.26. The predicted molar refractivity (Wildman–Crippen MR) is 102 cm³/mol. The summed E-state index contributed by atoms with van der Waals surface area (Å²) >= 11 is 0. The first-order valence-electron chi connectivity index (χ1n) is 9.43. The van der Waals surface area contributed by atoms with E-state index < -0.39 is 10.1 Å². The maximum atomic E-state index is 12.8. The van der Waals surface area contributed by atoms with Crippen molar-refractivity contribution in [1.82, 2.24) is 9.78 Å². The summed E-state index contributed by atoms with van der Waals surface area (Å²) in [5.41, 5.74) is 0.823. The molecule has 2 saturated heterocycles. The van der Waals surface area contributed by atoms with Crippen LogP contribution in [-0.2, 0) is 14.9 Å². The molecule has 1 aromatic carbocycles. The first kappa shape index (κ1) is 18.3. The van der Waals surface area contributed by atoms with Crippen LogP contribution in [0.15, 0.2) is 41.6 Å². The topological polar surface area (TPSA) is 73.7 Å². The highest BCUT2D eigenvalue weighted by Crippen LogP contribution is 2.33. The first-order valence-corrected chi connectivity index (χ1v) is 10.8. The van der Waals surface area contributed by atoms with Crippen molar-refractivity contribution in [3.05, 3.63) is 36.7 Å². The Balaban J connectivity index is 1.56. The van der Waals surface area contributed by atoms with Crippen molar-refractivity contribution in [1.29, 1.82) is 0 Å². The largest absolute Gasteiger partial charge is 0.379 e. The number of para-hydroxylation sites is 2. The second-order valence-electron chi connectivity index (χ2n) is 7.37. The van der Waals surface area contributed by atoms with Crippen LogP contribution in [-0.4, -0.2) is 44.5 Å². The number of nitrogens with zero attached hydrogens (tertiary/aromatic N) is 3. The number of hydrogen-bond acceptors (Lipinski definition) is 6. The average molecular weight is 391 g/mol. The van der Waals surface area contributed by atoms with E-state index in [1.54, 1.807) is 16.8 Å². The van der Waals surface area contributed by atoms with Crippen LogP contribution >= 0.6 is 0 Å². The molecule has 0 bridgehead atoms. The molecule has 3 heterocycles. The van der Waals surface area contributed by atoms with Crippen molar-refractivity contribution in [3.63, 3.8) is 0 Å². The van der Waals surface area contributed by atoms with Crippen LogP contribution < -0.4 is 9.08 Å². The zero-order chi connectivity index (χ0) is 18.9. The lowest BCUT2D eigenvalue weighted by Gasteiger charge is -2.33. The molecular weight excluding hydrogens is 366 g/mol. The van der Waals surface area contributed by atoms with Crippen LogP contribution in [0, 0.1) is 5.92 Å². The van der Waals surface area contributed by atoms with Crippen molar-refractivity contribution in [3.8, 4) is 5.75 Å². The lowest BCUT2D eigenvalue weighted by atomic mass is 10.00. The van der Waals surface area contributed by atoms with Gasteiger partial charge in [-0.2, -0.15) is 13.5 Å². The summed E-state index contributed by atoms with van der Waals surface area (Å²) in [5.74, 6) is 0.943. The number of aromatic nitrogens is 2. The monoisotopic (exact) mass is 391 g/mol. The summed E-state index contributed by atoms with van der Waals surface area (Å²) in [6.07, 6.45) is 6.00. The van der Waals surface area contributed by atoms with Crippen LogP contribution in [0.1, 0.15) is 32.2 Å². The van der Waals surface area contributed by atoms with Gasteiger partial charge in [0.2, 0.25) is 0 Å². The van der Waals surface area contributed by atoms with Crippen molar-refractivity contribution in [2.24, 2.45) is 5.92 Å². The maximum absolute atomic E-state index is 12.8. The van der Waals surface area contributed by atoms with E-state index in [2.05, 4.69) is 16.9 Å². The van der Waals surface area contributed by atoms with Crippen LogP contribution in [0.4, 0.5) is 5.69 Å². The summed E-state index contributed by atoms with van der Waals surface area (Å²) in [7, 11) is -3.95. The Bertz CT molecular complexity index is 890. The molecule has 2 unspecified atom stereocenters. The first-order chi connectivity index (χ1) is 13.0. The van der Waals surface area contributed by atoms with Gasteiger partial charge in [-0.05, 0) is 37.3 Å². The van der Waals surface area contributed by atoms with Gasteiger partial charge in [-0.3, -0.25) is 4.68 Å². The van der Waals surface area contributed by atoms with Gasteiger partial charge < -0.3 is 13.8 Å². The molecule has 2 aromatic rings. The number of hydrogen-bond donors (Lipinski definition) is 0. The Labute approximate surface area is 160 Å². The van der Waals surface area contributed by atoms with E-state index >= 15 is 0 Å². The summed E-state index contributed by atoms with van der Waals surface area (Å²) in [6, 6.07) is 7.41. The smallest absolute Gasteiger partial charge is 0.342 e. The highest BCUT2D eigenvalue weighted by molar-refractivity contribution is 7.87. The normalized spacial score (nSPS) is 23.5. The highest BCUT2D eigenvalue weighted by atomic mass is 32.2. The number of anilines is 1. The minimum Gasteiger partial charge on any atom is -0.379 e. The molecule has 2 aliphatic rings. The Kier molecular flexibility index (Phi) is 5.10. The summed E-state index contributed by atoms with van der Waals surface area (Å²) in [6.45, 7) is 5.25. The fraction of sp³-hybridized carbons (Fsp3) is 0.526. The molecule has 27 heavy (non-hydrogen) atoms. The van der Waals surface area contributed by atoms with E-state index in [-0.39, 0.29) is 10.9 Å². The lowest BCUT2D eigenvalue weighted by Crippen LogP contribution is -2.34. The minimum absolute atomic E-state index is 0.0659. The second kappa shape index (κ2) is 7.52. The minimum atomic E-state index is -3.95. The Hall–Kier alpha value is -2.06. The van der Waals surface area contributed by atoms with Gasteiger partial charge >= 0.3 is 10.1 Å². The molecule has 0 N–H and O–H groups in total. The zero-order valence-corrected chi connectivity index (χ0v) is 16.3. The van der Waals surface area contributed by atoms with Gasteiger partial charge in [0, 0.05) is 25.9 Å². The van der Waals surface area contributed by atoms with Crippen molar-refractivity contribution in [2.75, 3.05) is 31.2 Å². The molecule has 0 saturated carbocycles. The molecule has 0 radical (unpaired) electrons. The maximum Gasteiger partial charge on any atom is 0.342 e. The summed E-state index contributed by atoms with van der Waals surface area (Å²) < 4.78 is 38.1. The van der Waals surface area contributed by atoms with Crippen molar-refractivity contribution < 1.29 is 17.3 Å². The van der Waals surface area contributed by atoms with E-state index in [9.17, 15) is 8.42 Å². The van der Waals surface area contributed by atoms with E-state index in [0.717, 1.165) is 31.6 Å². The van der Waals surface area contributed by atoms with E-state index in [0.29, 0.717) is 24.9 Å². The quantitative estimate of drug-likeness (QED) is 0.730. The molecule has 146 valence electrons. The fourth-order valence-electron chi connectivity index (χ4n) is 3.74. The molecule has 2 aliphatic heterocycles. The standard InChI is InChI=1S/C19H25N3O4S/c1-15-5-4-9-21(12-15)18-6-2-3-7-19(18)26-27(23,24)17-11-20-22(13-17)16-8-10-25-14-16/h2-3,6-7,11,13,15-16H,4-5,8-10,12,14H2,1H3. The summed E-state index contributed by atoms with van der Waals surface area (Å²) in [4.78, 5) is 2.27. The fourth-order valence-corrected chi connectivity index (χ4v) is 4.63. The van der Waals surface area contributed by atoms with Crippen LogP contribution in [0.25, 0.3) is 0 Å². The molecular formula is C19H25N3O4S. The average Bonchev–Trinajstić information content (AvgIpc) is 3.34. The molecule has 0 spiro atoms. The number of piperidine rings is 1. The number of ether oxygens (including phenoxy) is 1. The Morgan fingerprint density at radius 1 is 1.26 bits per heavy atom. The second-order valence-corrected chi connectivity index (χ2v) is 8.92. The molecule has 0 amide bonds. The molecule has 4 rings (SSSR count). The van der Waals surface area contributed by atoms with Crippen LogP contribution in [0.2, 0.25) is 0 Å².